The van der Waals surface area contributed by atoms with E-state index in [2.05, 4.69) is 15.1 Å². The Balaban J connectivity index is 1.25. The van der Waals surface area contributed by atoms with Crippen molar-refractivity contribution >= 4 is 21.4 Å². The van der Waals surface area contributed by atoms with Crippen LogP contribution < -0.4 is 0 Å². The van der Waals surface area contributed by atoms with Gasteiger partial charge in [0.05, 0.1) is 4.88 Å². The summed E-state index contributed by atoms with van der Waals surface area (Å²) in [5, 5.41) is 8.39. The van der Waals surface area contributed by atoms with Gasteiger partial charge in [0, 0.05) is 25.0 Å². The molecule has 0 atom stereocenters. The Labute approximate surface area is 182 Å². The molecule has 0 bridgehead atoms. The lowest BCUT2D eigenvalue weighted by atomic mass is 10.0. The highest BCUT2D eigenvalue weighted by Gasteiger charge is 2.33. The standard InChI is InChI=1S/C21H30N4O3S2/c26-30(27,25-14-10-17(11-15-25)24-12-4-1-5-13-24)19-9-8-18(29-19)21-23-22-20(28-21)16-6-2-3-7-16/h8-9,16-17H,1-7,10-15H2. The Kier molecular flexibility index (Phi) is 5.96. The number of hydrogen-bond acceptors (Lipinski definition) is 7. The van der Waals surface area contributed by atoms with Gasteiger partial charge < -0.3 is 9.32 Å². The number of aromatic nitrogens is 2. The predicted molar refractivity (Wildman–Crippen MR) is 116 cm³/mol. The fourth-order valence-electron chi connectivity index (χ4n) is 5.10. The third-order valence-corrected chi connectivity index (χ3v) is 10.3. The fraction of sp³-hybridized carbons (Fsp3) is 0.714. The molecule has 9 heteroatoms. The van der Waals surface area contributed by atoms with Crippen LogP contribution in [-0.4, -0.2) is 60.0 Å². The van der Waals surface area contributed by atoms with Crippen LogP contribution >= 0.6 is 11.3 Å². The van der Waals surface area contributed by atoms with Gasteiger partial charge in [0.25, 0.3) is 15.9 Å². The summed E-state index contributed by atoms with van der Waals surface area (Å²) in [5.41, 5.74) is 0. The molecule has 7 nitrogen and oxygen atoms in total. The van der Waals surface area contributed by atoms with E-state index in [0.717, 1.165) is 30.6 Å². The number of sulfonamides is 1. The molecular formula is C21H30N4O3S2. The lowest BCUT2D eigenvalue weighted by Crippen LogP contribution is -2.48. The zero-order valence-electron chi connectivity index (χ0n) is 17.3. The average Bonchev–Trinajstić information content (AvgIpc) is 3.55. The van der Waals surface area contributed by atoms with E-state index in [1.165, 1.54) is 56.5 Å². The van der Waals surface area contributed by atoms with Crippen LogP contribution in [0, 0.1) is 0 Å². The van der Waals surface area contributed by atoms with Crippen LogP contribution in [0.5, 0.6) is 0 Å². The van der Waals surface area contributed by atoms with Crippen LogP contribution in [0.2, 0.25) is 0 Å². The van der Waals surface area contributed by atoms with Gasteiger partial charge in [-0.2, -0.15) is 4.31 Å². The van der Waals surface area contributed by atoms with Gasteiger partial charge in [-0.25, -0.2) is 8.42 Å². The molecule has 164 valence electrons. The van der Waals surface area contributed by atoms with Crippen molar-refractivity contribution in [3.63, 3.8) is 0 Å². The van der Waals surface area contributed by atoms with E-state index < -0.39 is 10.0 Å². The summed E-state index contributed by atoms with van der Waals surface area (Å²) in [6, 6.07) is 4.01. The van der Waals surface area contributed by atoms with E-state index in [1.807, 2.05) is 0 Å². The highest BCUT2D eigenvalue weighted by atomic mass is 32.2. The van der Waals surface area contributed by atoms with Crippen LogP contribution in [-0.2, 0) is 10.0 Å². The van der Waals surface area contributed by atoms with E-state index in [9.17, 15) is 8.42 Å². The van der Waals surface area contributed by atoms with E-state index in [1.54, 1.807) is 16.4 Å². The summed E-state index contributed by atoms with van der Waals surface area (Å²) < 4.78 is 34.3. The number of nitrogens with zero attached hydrogens (tertiary/aromatic N) is 4. The first-order chi connectivity index (χ1) is 14.6. The lowest BCUT2D eigenvalue weighted by Gasteiger charge is -2.39. The molecule has 0 amide bonds. The molecule has 3 aliphatic rings. The largest absolute Gasteiger partial charge is 0.420 e. The molecule has 0 spiro atoms. The van der Waals surface area contributed by atoms with Crippen molar-refractivity contribution in [3.05, 3.63) is 18.0 Å². The van der Waals surface area contributed by atoms with Gasteiger partial charge in [-0.1, -0.05) is 19.3 Å². The Bertz CT molecular complexity index is 951. The van der Waals surface area contributed by atoms with Gasteiger partial charge in [-0.05, 0) is 63.7 Å². The van der Waals surface area contributed by atoms with Gasteiger partial charge in [0.1, 0.15) is 4.21 Å². The summed E-state index contributed by atoms with van der Waals surface area (Å²) in [4.78, 5) is 3.29. The SMILES string of the molecule is O=S(=O)(c1ccc(-c2nnc(C3CCCC3)o2)s1)N1CCC(N2CCCCC2)CC1. The van der Waals surface area contributed by atoms with Gasteiger partial charge in [-0.15, -0.1) is 21.5 Å². The van der Waals surface area contributed by atoms with Crippen molar-refractivity contribution in [1.82, 2.24) is 19.4 Å². The molecule has 0 unspecified atom stereocenters. The maximum absolute atomic E-state index is 13.2. The zero-order chi connectivity index (χ0) is 20.6. The third kappa shape index (κ3) is 4.09. The minimum Gasteiger partial charge on any atom is -0.420 e. The summed E-state index contributed by atoms with van der Waals surface area (Å²) in [5.74, 6) is 1.49. The molecule has 5 rings (SSSR count). The average molecular weight is 451 g/mol. The topological polar surface area (TPSA) is 79.5 Å². The monoisotopic (exact) mass is 450 g/mol. The van der Waals surface area contributed by atoms with Crippen LogP contribution in [0.3, 0.4) is 0 Å². The molecular weight excluding hydrogens is 420 g/mol. The first-order valence-corrected chi connectivity index (χ1v) is 13.5. The van der Waals surface area contributed by atoms with Gasteiger partial charge in [-0.3, -0.25) is 0 Å². The van der Waals surface area contributed by atoms with Crippen molar-refractivity contribution in [3.8, 4) is 10.8 Å². The van der Waals surface area contributed by atoms with E-state index in [4.69, 9.17) is 4.42 Å². The lowest BCUT2D eigenvalue weighted by molar-refractivity contribution is 0.118. The van der Waals surface area contributed by atoms with E-state index in [-0.39, 0.29) is 0 Å². The molecule has 2 aliphatic heterocycles. The Morgan fingerprint density at radius 3 is 2.37 bits per heavy atom. The molecule has 0 radical (unpaired) electrons. The molecule has 2 aromatic heterocycles. The second kappa shape index (κ2) is 8.68. The highest BCUT2D eigenvalue weighted by molar-refractivity contribution is 7.91. The summed E-state index contributed by atoms with van der Waals surface area (Å²) in [6.45, 7) is 3.53. The molecule has 30 heavy (non-hydrogen) atoms. The summed E-state index contributed by atoms with van der Waals surface area (Å²) in [7, 11) is -3.47. The van der Waals surface area contributed by atoms with Crippen molar-refractivity contribution in [2.24, 2.45) is 0 Å². The number of piperidine rings is 2. The molecule has 4 heterocycles. The van der Waals surface area contributed by atoms with Gasteiger partial charge >= 0.3 is 0 Å². The van der Waals surface area contributed by atoms with Crippen molar-refractivity contribution in [2.45, 2.75) is 74.0 Å². The molecule has 3 fully saturated rings. The summed E-state index contributed by atoms with van der Waals surface area (Å²) >= 11 is 1.24. The van der Waals surface area contributed by atoms with Crippen molar-refractivity contribution in [1.29, 1.82) is 0 Å². The predicted octanol–water partition coefficient (Wildman–Crippen LogP) is 4.09. The molecule has 0 aromatic carbocycles. The van der Waals surface area contributed by atoms with E-state index >= 15 is 0 Å². The Hall–Kier alpha value is -1.29. The van der Waals surface area contributed by atoms with Gasteiger partial charge in [0.2, 0.25) is 5.89 Å². The quantitative estimate of drug-likeness (QED) is 0.682. The zero-order valence-corrected chi connectivity index (χ0v) is 19.0. The number of likely N-dealkylation sites (tertiary alicyclic amines) is 1. The molecule has 0 N–H and O–H groups in total. The number of hydrogen-bond donors (Lipinski definition) is 0. The van der Waals surface area contributed by atoms with Crippen molar-refractivity contribution in [2.75, 3.05) is 26.2 Å². The molecule has 1 saturated carbocycles. The molecule has 1 aliphatic carbocycles. The maximum Gasteiger partial charge on any atom is 0.257 e. The van der Waals surface area contributed by atoms with Crippen LogP contribution in [0.1, 0.15) is 69.6 Å². The third-order valence-electron chi connectivity index (χ3n) is 6.86. The second-order valence-corrected chi connectivity index (χ2v) is 12.0. The number of thiophene rings is 1. The van der Waals surface area contributed by atoms with Crippen LogP contribution in [0.15, 0.2) is 20.8 Å². The van der Waals surface area contributed by atoms with Gasteiger partial charge in [0.15, 0.2) is 0 Å². The van der Waals surface area contributed by atoms with Crippen LogP contribution in [0.4, 0.5) is 0 Å². The normalized spacial score (nSPS) is 23.3. The Morgan fingerprint density at radius 2 is 1.63 bits per heavy atom. The minimum atomic E-state index is -3.47. The smallest absolute Gasteiger partial charge is 0.257 e. The molecule has 2 aromatic rings. The highest BCUT2D eigenvalue weighted by Crippen LogP contribution is 2.37. The maximum atomic E-state index is 13.2. The van der Waals surface area contributed by atoms with Crippen molar-refractivity contribution < 1.29 is 12.8 Å². The number of rotatable bonds is 5. The van der Waals surface area contributed by atoms with E-state index in [0.29, 0.717) is 41.0 Å². The minimum absolute atomic E-state index is 0.357. The van der Waals surface area contributed by atoms with Crippen LogP contribution in [0.25, 0.3) is 10.8 Å². The first kappa shape index (κ1) is 20.6. The summed E-state index contributed by atoms with van der Waals surface area (Å²) in [6.07, 6.45) is 10.3. The second-order valence-electron chi connectivity index (χ2n) is 8.78. The first-order valence-electron chi connectivity index (χ1n) is 11.3. The Morgan fingerprint density at radius 1 is 0.900 bits per heavy atom. The molecule has 2 saturated heterocycles. The fourth-order valence-corrected chi connectivity index (χ4v) is 7.96.